The molecule has 0 heterocycles. The second kappa shape index (κ2) is 7.28. The number of rotatable bonds is 7. The first kappa shape index (κ1) is 15.7. The number of halogens is 3. The molecule has 0 N–H and O–H groups in total. The van der Waals surface area contributed by atoms with Crippen molar-refractivity contribution in [3.63, 3.8) is 0 Å². The van der Waals surface area contributed by atoms with Crippen molar-refractivity contribution in [2.75, 3.05) is 25.6 Å². The van der Waals surface area contributed by atoms with Gasteiger partial charge in [-0.2, -0.15) is 0 Å². The van der Waals surface area contributed by atoms with E-state index in [4.69, 9.17) is 20.2 Å². The summed E-state index contributed by atoms with van der Waals surface area (Å²) in [5, 5.41) is 0. The largest absolute Gasteiger partial charge is 0.490 e. The van der Waals surface area contributed by atoms with E-state index in [1.807, 2.05) is 0 Å². The molecule has 0 unspecified atom stereocenters. The fraction of sp³-hybridized carbons (Fsp3) is 0.400. The van der Waals surface area contributed by atoms with Crippen LogP contribution in [0.25, 0.3) is 0 Å². The zero-order chi connectivity index (χ0) is 13.6. The van der Waals surface area contributed by atoms with Crippen molar-refractivity contribution in [1.29, 1.82) is 0 Å². The average molecular weight is 362 g/mol. The maximum absolute atomic E-state index is 12.8. The summed E-state index contributed by atoms with van der Waals surface area (Å²) in [5.74, 6) is -0.114. The fourth-order valence-electron chi connectivity index (χ4n) is 1.06. The van der Waals surface area contributed by atoms with Crippen molar-refractivity contribution in [2.24, 2.45) is 0 Å². The molecule has 1 rings (SSSR count). The van der Waals surface area contributed by atoms with Crippen molar-refractivity contribution in [2.45, 2.75) is 0 Å². The molecule has 0 radical (unpaired) electrons. The number of ether oxygens (including phenoxy) is 2. The average Bonchev–Trinajstić information content (AvgIpc) is 2.24. The van der Waals surface area contributed by atoms with E-state index in [9.17, 15) is 12.8 Å². The van der Waals surface area contributed by atoms with Gasteiger partial charge in [-0.1, -0.05) is 0 Å². The molecule has 18 heavy (non-hydrogen) atoms. The minimum Gasteiger partial charge on any atom is -0.490 e. The van der Waals surface area contributed by atoms with Gasteiger partial charge in [0, 0.05) is 10.7 Å². The Balaban J connectivity index is 2.22. The van der Waals surface area contributed by atoms with Gasteiger partial charge in [-0.15, -0.1) is 0 Å². The van der Waals surface area contributed by atoms with Crippen LogP contribution in [0.15, 0.2) is 22.7 Å². The van der Waals surface area contributed by atoms with Gasteiger partial charge in [0.25, 0.3) is 0 Å². The van der Waals surface area contributed by atoms with Gasteiger partial charge in [0.05, 0.1) is 23.4 Å². The summed E-state index contributed by atoms with van der Waals surface area (Å²) in [6, 6.07) is 4.06. The van der Waals surface area contributed by atoms with Crippen LogP contribution in [0.1, 0.15) is 0 Å². The van der Waals surface area contributed by atoms with Crippen LogP contribution in [-0.4, -0.2) is 34.0 Å². The summed E-state index contributed by atoms with van der Waals surface area (Å²) in [6.07, 6.45) is 0. The Morgan fingerprint density at radius 1 is 1.28 bits per heavy atom. The smallest absolute Gasteiger partial charge is 0.234 e. The molecule has 0 atom stereocenters. The van der Waals surface area contributed by atoms with E-state index in [1.54, 1.807) is 0 Å². The Morgan fingerprint density at radius 3 is 2.61 bits per heavy atom. The van der Waals surface area contributed by atoms with E-state index >= 15 is 0 Å². The van der Waals surface area contributed by atoms with Gasteiger partial charge < -0.3 is 9.47 Å². The zero-order valence-electron chi connectivity index (χ0n) is 9.24. The van der Waals surface area contributed by atoms with Crippen LogP contribution < -0.4 is 4.74 Å². The van der Waals surface area contributed by atoms with Crippen LogP contribution in [0.2, 0.25) is 0 Å². The highest BCUT2D eigenvalue weighted by atomic mass is 79.9. The van der Waals surface area contributed by atoms with Crippen LogP contribution in [0.4, 0.5) is 4.39 Å². The van der Waals surface area contributed by atoms with Crippen molar-refractivity contribution in [3.05, 3.63) is 28.5 Å². The monoisotopic (exact) mass is 360 g/mol. The van der Waals surface area contributed by atoms with E-state index in [-0.39, 0.29) is 31.4 Å². The van der Waals surface area contributed by atoms with Crippen LogP contribution >= 0.6 is 26.6 Å². The van der Waals surface area contributed by atoms with Gasteiger partial charge >= 0.3 is 0 Å². The molecule has 0 bridgehead atoms. The molecule has 0 aliphatic carbocycles. The summed E-state index contributed by atoms with van der Waals surface area (Å²) in [5.41, 5.74) is 0. The van der Waals surface area contributed by atoms with Gasteiger partial charge in [0.15, 0.2) is 0 Å². The third-order valence-corrected chi connectivity index (χ3v) is 3.59. The second-order valence-electron chi connectivity index (χ2n) is 3.28. The number of hydrogen-bond acceptors (Lipinski definition) is 4. The van der Waals surface area contributed by atoms with E-state index < -0.39 is 9.05 Å². The summed E-state index contributed by atoms with van der Waals surface area (Å²) < 4.78 is 44.7. The Kier molecular flexibility index (Phi) is 6.34. The van der Waals surface area contributed by atoms with Crippen LogP contribution in [0.5, 0.6) is 5.75 Å². The lowest BCUT2D eigenvalue weighted by Gasteiger charge is -2.08. The molecule has 0 aliphatic rings. The van der Waals surface area contributed by atoms with Crippen molar-refractivity contribution >= 4 is 35.7 Å². The van der Waals surface area contributed by atoms with E-state index in [2.05, 4.69) is 15.9 Å². The standard InChI is InChI=1S/C10H11BrClFO4S/c11-9-7-8(13)1-2-10(9)17-4-3-16-5-6-18(12,14)15/h1-2,7H,3-6H2. The van der Waals surface area contributed by atoms with E-state index in [0.717, 1.165) is 0 Å². The van der Waals surface area contributed by atoms with Gasteiger partial charge in [-0.25, -0.2) is 12.8 Å². The van der Waals surface area contributed by atoms with Gasteiger partial charge in [-0.05, 0) is 34.1 Å². The second-order valence-corrected chi connectivity index (χ2v) is 7.03. The van der Waals surface area contributed by atoms with Gasteiger partial charge in [-0.3, -0.25) is 0 Å². The van der Waals surface area contributed by atoms with Crippen LogP contribution in [0.3, 0.4) is 0 Å². The van der Waals surface area contributed by atoms with Gasteiger partial charge in [0.1, 0.15) is 18.2 Å². The molecular weight excluding hydrogens is 351 g/mol. The summed E-state index contributed by atoms with van der Waals surface area (Å²) >= 11 is 3.15. The van der Waals surface area contributed by atoms with Crippen LogP contribution in [-0.2, 0) is 13.8 Å². The predicted octanol–water partition coefficient (Wildman–Crippen LogP) is 2.55. The van der Waals surface area contributed by atoms with E-state index in [0.29, 0.717) is 10.2 Å². The SMILES string of the molecule is O=S(=O)(Cl)CCOCCOc1ccc(F)cc1Br. The molecule has 0 fully saturated rings. The Morgan fingerprint density at radius 2 is 2.00 bits per heavy atom. The zero-order valence-corrected chi connectivity index (χ0v) is 12.4. The van der Waals surface area contributed by atoms with Crippen molar-refractivity contribution < 1.29 is 22.3 Å². The molecule has 0 saturated carbocycles. The minimum absolute atomic E-state index is 0.0137. The first-order chi connectivity index (χ1) is 8.38. The summed E-state index contributed by atoms with van der Waals surface area (Å²) in [7, 11) is 1.48. The molecule has 0 spiro atoms. The first-order valence-corrected chi connectivity index (χ1v) is 8.23. The summed E-state index contributed by atoms with van der Waals surface area (Å²) in [6.45, 7) is 0.461. The van der Waals surface area contributed by atoms with Gasteiger partial charge in [0.2, 0.25) is 9.05 Å². The lowest BCUT2D eigenvalue weighted by molar-refractivity contribution is 0.111. The fourth-order valence-corrected chi connectivity index (χ4v) is 2.03. The third-order valence-electron chi connectivity index (χ3n) is 1.85. The third kappa shape index (κ3) is 6.53. The molecule has 4 nitrogen and oxygen atoms in total. The maximum atomic E-state index is 12.8. The highest BCUT2D eigenvalue weighted by Gasteiger charge is 2.05. The first-order valence-electron chi connectivity index (χ1n) is 4.96. The molecular formula is C10H11BrClFO4S. The molecule has 1 aromatic carbocycles. The number of hydrogen-bond donors (Lipinski definition) is 0. The topological polar surface area (TPSA) is 52.6 Å². The lowest BCUT2D eigenvalue weighted by atomic mass is 10.3. The van der Waals surface area contributed by atoms with Crippen molar-refractivity contribution in [3.8, 4) is 5.75 Å². The molecule has 102 valence electrons. The molecule has 0 aliphatic heterocycles. The normalized spacial score (nSPS) is 11.5. The Bertz CT molecular complexity index is 495. The Labute approximate surface area is 118 Å². The van der Waals surface area contributed by atoms with E-state index in [1.165, 1.54) is 18.2 Å². The lowest BCUT2D eigenvalue weighted by Crippen LogP contribution is -2.12. The highest BCUT2D eigenvalue weighted by Crippen LogP contribution is 2.25. The molecule has 8 heteroatoms. The maximum Gasteiger partial charge on any atom is 0.234 e. The number of benzene rings is 1. The van der Waals surface area contributed by atoms with Crippen LogP contribution in [0, 0.1) is 5.82 Å². The molecule has 0 aromatic heterocycles. The summed E-state index contributed by atoms with van der Waals surface area (Å²) in [4.78, 5) is 0. The predicted molar refractivity (Wildman–Crippen MR) is 70.1 cm³/mol. The molecule has 0 amide bonds. The molecule has 1 aromatic rings. The highest BCUT2D eigenvalue weighted by molar-refractivity contribution is 9.10. The molecule has 0 saturated heterocycles. The quantitative estimate of drug-likeness (QED) is 0.553. The van der Waals surface area contributed by atoms with Crippen molar-refractivity contribution in [1.82, 2.24) is 0 Å². The minimum atomic E-state index is -3.52. The Hall–Kier alpha value is -0.370.